The highest BCUT2D eigenvalue weighted by Crippen LogP contribution is 2.23. The zero-order valence-corrected chi connectivity index (χ0v) is 12.7. The minimum absolute atomic E-state index is 0.100. The molecule has 0 heterocycles. The van der Waals surface area contributed by atoms with E-state index in [9.17, 15) is 13.6 Å². The molecule has 0 saturated heterocycles. The second-order valence-electron chi connectivity index (χ2n) is 5.22. The lowest BCUT2D eigenvalue weighted by molar-refractivity contribution is 0.207. The van der Waals surface area contributed by atoms with Gasteiger partial charge >= 0.3 is 6.03 Å². The van der Waals surface area contributed by atoms with Crippen molar-refractivity contribution in [3.05, 3.63) is 65.2 Å². The summed E-state index contributed by atoms with van der Waals surface area (Å²) in [5, 5.41) is 2.50. The molecule has 0 saturated carbocycles. The molecular formula is C17H18F2N2O. The number of hydrogen-bond donors (Lipinski definition) is 1. The topological polar surface area (TPSA) is 32.3 Å². The van der Waals surface area contributed by atoms with Gasteiger partial charge in [0.25, 0.3) is 0 Å². The Hall–Kier alpha value is -2.43. The fourth-order valence-corrected chi connectivity index (χ4v) is 2.12. The Labute approximate surface area is 128 Å². The number of hydrogen-bond acceptors (Lipinski definition) is 1. The van der Waals surface area contributed by atoms with E-state index >= 15 is 0 Å². The molecule has 0 aliphatic heterocycles. The third-order valence-electron chi connectivity index (χ3n) is 3.62. The van der Waals surface area contributed by atoms with Crippen molar-refractivity contribution in [2.24, 2.45) is 0 Å². The van der Waals surface area contributed by atoms with E-state index in [1.807, 2.05) is 0 Å². The highest BCUT2D eigenvalue weighted by atomic mass is 19.1. The summed E-state index contributed by atoms with van der Waals surface area (Å²) in [7, 11) is 1.54. The Kier molecular flexibility index (Phi) is 4.75. The van der Waals surface area contributed by atoms with Gasteiger partial charge in [-0.1, -0.05) is 24.3 Å². The zero-order chi connectivity index (χ0) is 16.3. The first-order chi connectivity index (χ1) is 10.4. The average Bonchev–Trinajstić information content (AvgIpc) is 2.49. The van der Waals surface area contributed by atoms with Crippen molar-refractivity contribution in [1.29, 1.82) is 0 Å². The molecule has 0 spiro atoms. The molecule has 0 radical (unpaired) electrons. The fraction of sp³-hybridized carbons (Fsp3) is 0.235. The summed E-state index contributed by atoms with van der Waals surface area (Å²) < 4.78 is 27.5. The van der Waals surface area contributed by atoms with Crippen LogP contribution in [0.15, 0.2) is 42.5 Å². The van der Waals surface area contributed by atoms with E-state index in [4.69, 9.17) is 0 Å². The lowest BCUT2D eigenvalue weighted by Gasteiger charge is -2.26. The van der Waals surface area contributed by atoms with Crippen LogP contribution in [-0.4, -0.2) is 18.0 Å². The van der Waals surface area contributed by atoms with Gasteiger partial charge < -0.3 is 10.2 Å². The predicted octanol–water partition coefficient (Wildman–Crippen LogP) is 4.50. The van der Waals surface area contributed by atoms with Gasteiger partial charge in [0.1, 0.15) is 11.6 Å². The molecule has 5 heteroatoms. The first kappa shape index (κ1) is 15.9. The number of urea groups is 1. The van der Waals surface area contributed by atoms with Crippen molar-refractivity contribution in [2.75, 3.05) is 12.4 Å². The van der Waals surface area contributed by atoms with E-state index < -0.39 is 17.9 Å². The molecule has 22 heavy (non-hydrogen) atoms. The summed E-state index contributed by atoms with van der Waals surface area (Å²) in [6.07, 6.45) is 0. The standard InChI is InChI=1S/C17H18F2N2O/c1-11-8-9-16(15(19)10-11)20-17(22)21(3)12(2)13-6-4-5-7-14(13)18/h4-10,12H,1-3H3,(H,20,22). The molecular weight excluding hydrogens is 286 g/mol. The van der Waals surface area contributed by atoms with Crippen LogP contribution in [0.2, 0.25) is 0 Å². The van der Waals surface area contributed by atoms with Crippen LogP contribution in [0.3, 0.4) is 0 Å². The Morgan fingerprint density at radius 3 is 2.45 bits per heavy atom. The molecule has 0 aromatic heterocycles. The molecule has 2 aromatic carbocycles. The summed E-state index contributed by atoms with van der Waals surface area (Å²) in [6.45, 7) is 3.48. The van der Waals surface area contributed by atoms with Crippen LogP contribution >= 0.6 is 0 Å². The van der Waals surface area contributed by atoms with Crippen LogP contribution in [0.5, 0.6) is 0 Å². The second-order valence-corrected chi connectivity index (χ2v) is 5.22. The van der Waals surface area contributed by atoms with E-state index in [0.29, 0.717) is 5.56 Å². The van der Waals surface area contributed by atoms with Gasteiger partial charge in [-0.05, 0) is 37.6 Å². The first-order valence-corrected chi connectivity index (χ1v) is 6.94. The molecule has 2 aromatic rings. The summed E-state index contributed by atoms with van der Waals surface area (Å²) >= 11 is 0. The monoisotopic (exact) mass is 304 g/mol. The van der Waals surface area contributed by atoms with E-state index in [-0.39, 0.29) is 11.5 Å². The van der Waals surface area contributed by atoms with E-state index in [1.54, 1.807) is 45.2 Å². The maximum absolute atomic E-state index is 13.8. The SMILES string of the molecule is Cc1ccc(NC(=O)N(C)C(C)c2ccccc2F)c(F)c1. The third kappa shape index (κ3) is 3.42. The summed E-state index contributed by atoms with van der Waals surface area (Å²) in [6, 6.07) is 9.84. The van der Waals surface area contributed by atoms with E-state index in [0.717, 1.165) is 5.56 Å². The number of nitrogens with zero attached hydrogens (tertiary/aromatic N) is 1. The van der Waals surface area contributed by atoms with Gasteiger partial charge in [-0.3, -0.25) is 0 Å². The Balaban J connectivity index is 2.13. The largest absolute Gasteiger partial charge is 0.322 e. The summed E-state index contributed by atoms with van der Waals surface area (Å²) in [5.41, 5.74) is 1.27. The Morgan fingerprint density at radius 1 is 1.14 bits per heavy atom. The van der Waals surface area contributed by atoms with Gasteiger partial charge in [-0.2, -0.15) is 0 Å². The summed E-state index contributed by atoms with van der Waals surface area (Å²) in [5.74, 6) is -0.878. The smallest absolute Gasteiger partial charge is 0.321 e. The fourth-order valence-electron chi connectivity index (χ4n) is 2.12. The molecule has 1 unspecified atom stereocenters. The number of rotatable bonds is 3. The van der Waals surface area contributed by atoms with Gasteiger partial charge in [-0.15, -0.1) is 0 Å². The van der Waals surface area contributed by atoms with E-state index in [2.05, 4.69) is 5.32 Å². The quantitative estimate of drug-likeness (QED) is 0.889. The van der Waals surface area contributed by atoms with Gasteiger partial charge in [0.05, 0.1) is 11.7 Å². The highest BCUT2D eigenvalue weighted by Gasteiger charge is 2.20. The Morgan fingerprint density at radius 2 is 1.82 bits per heavy atom. The third-order valence-corrected chi connectivity index (χ3v) is 3.62. The number of carbonyl (C=O) groups is 1. The normalized spacial score (nSPS) is 11.9. The molecule has 3 nitrogen and oxygen atoms in total. The lowest BCUT2D eigenvalue weighted by atomic mass is 10.1. The van der Waals surface area contributed by atoms with Crippen molar-refractivity contribution in [2.45, 2.75) is 19.9 Å². The first-order valence-electron chi connectivity index (χ1n) is 6.94. The summed E-state index contributed by atoms with van der Waals surface area (Å²) in [4.78, 5) is 13.5. The van der Waals surface area contributed by atoms with Crippen molar-refractivity contribution in [1.82, 2.24) is 4.90 Å². The van der Waals surface area contributed by atoms with Crippen LogP contribution in [-0.2, 0) is 0 Å². The van der Waals surface area contributed by atoms with Gasteiger partial charge in [0.15, 0.2) is 0 Å². The minimum atomic E-state index is -0.501. The van der Waals surface area contributed by atoms with Crippen molar-refractivity contribution in [3.8, 4) is 0 Å². The number of nitrogens with one attached hydrogen (secondary N) is 1. The zero-order valence-electron chi connectivity index (χ0n) is 12.7. The maximum atomic E-state index is 13.8. The molecule has 1 atom stereocenters. The molecule has 1 N–H and O–H groups in total. The van der Waals surface area contributed by atoms with E-state index in [1.165, 1.54) is 23.1 Å². The molecule has 0 fully saturated rings. The lowest BCUT2D eigenvalue weighted by Crippen LogP contribution is -2.34. The Bertz CT molecular complexity index is 688. The highest BCUT2D eigenvalue weighted by molar-refractivity contribution is 5.89. The van der Waals surface area contributed by atoms with Crippen LogP contribution in [0.25, 0.3) is 0 Å². The molecule has 0 bridgehead atoms. The molecule has 2 rings (SSSR count). The molecule has 2 amide bonds. The predicted molar refractivity (Wildman–Crippen MR) is 82.7 cm³/mol. The van der Waals surface area contributed by atoms with Crippen molar-refractivity contribution >= 4 is 11.7 Å². The number of aryl methyl sites for hydroxylation is 1. The molecule has 116 valence electrons. The van der Waals surface area contributed by atoms with Gasteiger partial charge in [-0.25, -0.2) is 13.6 Å². The van der Waals surface area contributed by atoms with Crippen molar-refractivity contribution in [3.63, 3.8) is 0 Å². The van der Waals surface area contributed by atoms with Crippen LogP contribution < -0.4 is 5.32 Å². The number of carbonyl (C=O) groups excluding carboxylic acids is 1. The average molecular weight is 304 g/mol. The van der Waals surface area contributed by atoms with Crippen LogP contribution in [0.1, 0.15) is 24.1 Å². The van der Waals surface area contributed by atoms with Gasteiger partial charge in [0.2, 0.25) is 0 Å². The van der Waals surface area contributed by atoms with Crippen molar-refractivity contribution < 1.29 is 13.6 Å². The number of amides is 2. The van der Waals surface area contributed by atoms with Crippen LogP contribution in [0, 0.1) is 18.6 Å². The van der Waals surface area contributed by atoms with Crippen LogP contribution in [0.4, 0.5) is 19.3 Å². The number of anilines is 1. The van der Waals surface area contributed by atoms with Gasteiger partial charge in [0, 0.05) is 12.6 Å². The second kappa shape index (κ2) is 6.56. The molecule has 0 aliphatic rings. The number of benzene rings is 2. The minimum Gasteiger partial charge on any atom is -0.321 e. The molecule has 0 aliphatic carbocycles. The maximum Gasteiger partial charge on any atom is 0.322 e. The number of halogens is 2.